The Morgan fingerprint density at radius 3 is 2.62 bits per heavy atom. The second kappa shape index (κ2) is 3.92. The van der Waals surface area contributed by atoms with Crippen molar-refractivity contribution in [3.05, 3.63) is 39.5 Å². The highest BCUT2D eigenvalue weighted by molar-refractivity contribution is 6.38. The second-order valence-corrected chi connectivity index (χ2v) is 4.30. The maximum atomic E-state index is 11.3. The molecule has 0 atom stereocenters. The maximum Gasteiger partial charge on any atom is 0.249 e. The minimum atomic E-state index is -0.520. The van der Waals surface area contributed by atoms with Gasteiger partial charge in [0.25, 0.3) is 0 Å². The van der Waals surface area contributed by atoms with E-state index in [9.17, 15) is 4.79 Å². The number of fused-ring (bicyclic) bond motifs is 1. The fourth-order valence-electron chi connectivity index (χ4n) is 1.58. The Morgan fingerprint density at radius 2 is 2.00 bits per heavy atom. The lowest BCUT2D eigenvalue weighted by Crippen LogP contribution is -2.12. The molecule has 5 heteroatoms. The van der Waals surface area contributed by atoms with Gasteiger partial charge in [-0.1, -0.05) is 23.2 Å². The number of carbonyl (C=O) groups is 1. The fourth-order valence-corrected chi connectivity index (χ4v) is 2.12. The normalized spacial score (nSPS) is 10.7. The zero-order valence-electron chi connectivity index (χ0n) is 8.42. The van der Waals surface area contributed by atoms with Crippen LogP contribution in [0.4, 0.5) is 0 Å². The molecule has 0 spiro atoms. The summed E-state index contributed by atoms with van der Waals surface area (Å²) in [6.45, 7) is 1.77. The van der Waals surface area contributed by atoms with Gasteiger partial charge in [0.2, 0.25) is 5.91 Å². The first-order chi connectivity index (χ1) is 7.49. The van der Waals surface area contributed by atoms with E-state index >= 15 is 0 Å². The van der Waals surface area contributed by atoms with Crippen molar-refractivity contribution < 1.29 is 4.79 Å². The first kappa shape index (κ1) is 11.2. The number of hydrogen-bond donors (Lipinski definition) is 1. The molecular weight excluding hydrogens is 247 g/mol. The van der Waals surface area contributed by atoms with Gasteiger partial charge in [-0.25, -0.2) is 0 Å². The molecular formula is C11H8Cl2N2O. The number of rotatable bonds is 1. The zero-order chi connectivity index (χ0) is 11.9. The topological polar surface area (TPSA) is 56.0 Å². The summed E-state index contributed by atoms with van der Waals surface area (Å²) in [5.74, 6) is -0.520. The van der Waals surface area contributed by atoms with Crippen LogP contribution in [-0.4, -0.2) is 10.9 Å². The summed E-state index contributed by atoms with van der Waals surface area (Å²) in [4.78, 5) is 15.6. The molecule has 0 fully saturated rings. The Hall–Kier alpha value is -1.32. The van der Waals surface area contributed by atoms with Crippen LogP contribution in [0.3, 0.4) is 0 Å². The maximum absolute atomic E-state index is 11.3. The van der Waals surface area contributed by atoms with E-state index < -0.39 is 5.91 Å². The van der Waals surface area contributed by atoms with Gasteiger partial charge in [-0.3, -0.25) is 9.78 Å². The van der Waals surface area contributed by atoms with Crippen LogP contribution < -0.4 is 5.73 Å². The summed E-state index contributed by atoms with van der Waals surface area (Å²) < 4.78 is 0. The second-order valence-electron chi connectivity index (χ2n) is 3.46. The van der Waals surface area contributed by atoms with Gasteiger partial charge in [-0.05, 0) is 25.1 Å². The van der Waals surface area contributed by atoms with E-state index in [1.54, 1.807) is 25.1 Å². The SMILES string of the molecule is Cc1cc(C(N)=O)c2cc(Cl)cc(Cl)c2n1. The van der Waals surface area contributed by atoms with Crippen LogP contribution in [0.25, 0.3) is 10.9 Å². The van der Waals surface area contributed by atoms with Crippen LogP contribution in [0.5, 0.6) is 0 Å². The highest BCUT2D eigenvalue weighted by Crippen LogP contribution is 2.29. The minimum absolute atomic E-state index is 0.381. The lowest BCUT2D eigenvalue weighted by Gasteiger charge is -2.06. The molecule has 2 rings (SSSR count). The molecule has 0 saturated carbocycles. The van der Waals surface area contributed by atoms with E-state index in [1.807, 2.05) is 0 Å². The predicted molar refractivity (Wildman–Crippen MR) is 65.0 cm³/mol. The minimum Gasteiger partial charge on any atom is -0.366 e. The third-order valence-corrected chi connectivity index (χ3v) is 2.73. The van der Waals surface area contributed by atoms with Crippen molar-refractivity contribution in [2.24, 2.45) is 5.73 Å². The van der Waals surface area contributed by atoms with Crippen LogP contribution in [0.15, 0.2) is 18.2 Å². The average Bonchev–Trinajstić information content (AvgIpc) is 2.18. The molecule has 0 aliphatic rings. The lowest BCUT2D eigenvalue weighted by atomic mass is 10.1. The third kappa shape index (κ3) is 1.84. The molecule has 0 radical (unpaired) electrons. The number of halogens is 2. The van der Waals surface area contributed by atoms with Gasteiger partial charge >= 0.3 is 0 Å². The Balaban J connectivity index is 2.95. The molecule has 3 nitrogen and oxygen atoms in total. The Morgan fingerprint density at radius 1 is 1.31 bits per heavy atom. The highest BCUT2D eigenvalue weighted by atomic mass is 35.5. The van der Waals surface area contributed by atoms with E-state index in [0.717, 1.165) is 0 Å². The van der Waals surface area contributed by atoms with Crippen molar-refractivity contribution in [2.75, 3.05) is 0 Å². The number of nitrogens with two attached hydrogens (primary N) is 1. The summed E-state index contributed by atoms with van der Waals surface area (Å²) in [7, 11) is 0. The summed E-state index contributed by atoms with van der Waals surface area (Å²) in [5, 5.41) is 1.44. The first-order valence-corrected chi connectivity index (χ1v) is 5.31. The largest absolute Gasteiger partial charge is 0.366 e. The predicted octanol–water partition coefficient (Wildman–Crippen LogP) is 2.95. The van der Waals surface area contributed by atoms with Crippen LogP contribution in [-0.2, 0) is 0 Å². The van der Waals surface area contributed by atoms with E-state index in [4.69, 9.17) is 28.9 Å². The number of pyridine rings is 1. The van der Waals surface area contributed by atoms with Crippen molar-refractivity contribution in [1.29, 1.82) is 0 Å². The number of aryl methyl sites for hydroxylation is 1. The van der Waals surface area contributed by atoms with Crippen LogP contribution in [0.1, 0.15) is 16.1 Å². The number of benzene rings is 1. The number of carbonyl (C=O) groups excluding carboxylic acids is 1. The van der Waals surface area contributed by atoms with Gasteiger partial charge in [-0.15, -0.1) is 0 Å². The van der Waals surface area contributed by atoms with Crippen molar-refractivity contribution in [1.82, 2.24) is 4.98 Å². The monoisotopic (exact) mass is 254 g/mol. The molecule has 82 valence electrons. The summed E-state index contributed by atoms with van der Waals surface area (Å²) in [6, 6.07) is 4.84. The van der Waals surface area contributed by atoms with Gasteiger partial charge in [0.1, 0.15) is 0 Å². The number of amides is 1. The Labute approximate surface area is 102 Å². The number of nitrogens with zero attached hydrogens (tertiary/aromatic N) is 1. The van der Waals surface area contributed by atoms with E-state index in [1.165, 1.54) is 0 Å². The standard InChI is InChI=1S/C11H8Cl2N2O/c1-5-2-8(11(14)16)7-3-6(12)4-9(13)10(7)15-5/h2-4H,1H3,(H2,14,16). The van der Waals surface area contributed by atoms with Crippen molar-refractivity contribution in [3.63, 3.8) is 0 Å². The summed E-state index contributed by atoms with van der Waals surface area (Å²) in [5.41, 5.74) is 6.90. The molecule has 16 heavy (non-hydrogen) atoms. The fraction of sp³-hybridized carbons (Fsp3) is 0.0909. The van der Waals surface area contributed by atoms with Crippen molar-refractivity contribution >= 4 is 40.0 Å². The molecule has 2 N–H and O–H groups in total. The molecule has 1 aromatic carbocycles. The molecule has 2 aromatic rings. The quantitative estimate of drug-likeness (QED) is 0.851. The van der Waals surface area contributed by atoms with E-state index in [0.29, 0.717) is 32.2 Å². The van der Waals surface area contributed by atoms with Gasteiger partial charge < -0.3 is 5.73 Å². The molecule has 1 amide bonds. The van der Waals surface area contributed by atoms with Gasteiger partial charge in [0.05, 0.1) is 16.1 Å². The molecule has 0 aliphatic heterocycles. The third-order valence-electron chi connectivity index (χ3n) is 2.23. The number of aromatic nitrogens is 1. The molecule has 1 heterocycles. The Bertz CT molecular complexity index is 596. The first-order valence-electron chi connectivity index (χ1n) is 4.55. The van der Waals surface area contributed by atoms with Crippen molar-refractivity contribution in [2.45, 2.75) is 6.92 Å². The van der Waals surface area contributed by atoms with Crippen molar-refractivity contribution in [3.8, 4) is 0 Å². The summed E-state index contributed by atoms with van der Waals surface area (Å²) >= 11 is 11.9. The smallest absolute Gasteiger partial charge is 0.249 e. The molecule has 0 aliphatic carbocycles. The average molecular weight is 255 g/mol. The lowest BCUT2D eigenvalue weighted by molar-refractivity contribution is 0.100. The van der Waals surface area contributed by atoms with Crippen LogP contribution >= 0.6 is 23.2 Å². The zero-order valence-corrected chi connectivity index (χ0v) is 9.93. The van der Waals surface area contributed by atoms with Gasteiger partial charge in [0.15, 0.2) is 0 Å². The molecule has 0 unspecified atom stereocenters. The molecule has 1 aromatic heterocycles. The van der Waals surface area contributed by atoms with Gasteiger partial charge in [-0.2, -0.15) is 0 Å². The molecule has 0 saturated heterocycles. The number of primary amides is 1. The summed E-state index contributed by atoms with van der Waals surface area (Å²) in [6.07, 6.45) is 0. The molecule has 0 bridgehead atoms. The van der Waals surface area contributed by atoms with Gasteiger partial charge in [0, 0.05) is 16.1 Å². The van der Waals surface area contributed by atoms with E-state index in [2.05, 4.69) is 4.98 Å². The highest BCUT2D eigenvalue weighted by Gasteiger charge is 2.12. The van der Waals surface area contributed by atoms with Crippen LogP contribution in [0, 0.1) is 6.92 Å². The van der Waals surface area contributed by atoms with E-state index in [-0.39, 0.29) is 0 Å². The number of hydrogen-bond acceptors (Lipinski definition) is 2. The Kier molecular flexibility index (Phi) is 2.74. The van der Waals surface area contributed by atoms with Crippen LogP contribution in [0.2, 0.25) is 10.0 Å².